The average Bonchev–Trinajstić information content (AvgIpc) is 2.57. The minimum absolute atomic E-state index is 0. The van der Waals surface area contributed by atoms with Crippen LogP contribution in [0.25, 0.3) is 10.9 Å². The summed E-state index contributed by atoms with van der Waals surface area (Å²) in [7, 11) is 3.11. The lowest BCUT2D eigenvalue weighted by atomic mass is 10.2. The maximum atomic E-state index is 12.0. The van der Waals surface area contributed by atoms with Crippen LogP contribution in [0.1, 0.15) is 25.6 Å². The fraction of sp³-hybridized carbons (Fsp3) is 0.438. The molecule has 0 bridgehead atoms. The van der Waals surface area contributed by atoms with Gasteiger partial charge in [-0.2, -0.15) is 0 Å². The summed E-state index contributed by atoms with van der Waals surface area (Å²) in [5.41, 5.74) is 6.11. The second-order valence-corrected chi connectivity index (χ2v) is 5.20. The van der Waals surface area contributed by atoms with Crippen molar-refractivity contribution in [3.8, 4) is 11.5 Å². The Bertz CT molecular complexity index is 726. The summed E-state index contributed by atoms with van der Waals surface area (Å²) in [6.07, 6.45) is 2.03. The van der Waals surface area contributed by atoms with Gasteiger partial charge < -0.3 is 9.47 Å². The smallest absolute Gasteiger partial charge is 0.334 e. The quantitative estimate of drug-likeness (QED) is 0.513. The highest BCUT2D eigenvalue weighted by molar-refractivity contribution is 5.99. The van der Waals surface area contributed by atoms with Gasteiger partial charge in [0, 0.05) is 18.0 Å². The molecule has 1 aromatic carbocycles. The van der Waals surface area contributed by atoms with E-state index in [1.807, 2.05) is 0 Å². The van der Waals surface area contributed by atoms with E-state index in [-0.39, 0.29) is 18.4 Å². The minimum Gasteiger partial charge on any atom is -0.493 e. The number of unbranched alkanes of at least 4 members (excludes halogenated alkanes) is 1. The summed E-state index contributed by atoms with van der Waals surface area (Å²) < 4.78 is 10.6. The predicted octanol–water partition coefficient (Wildman–Crippen LogP) is 2.80. The van der Waals surface area contributed by atoms with E-state index in [1.165, 1.54) is 0 Å². The third-order valence-electron chi connectivity index (χ3n) is 3.40. The number of anilines is 1. The summed E-state index contributed by atoms with van der Waals surface area (Å²) in [6.45, 7) is 4.55. The number of ether oxygens (including phenoxy) is 2. The highest BCUT2D eigenvalue weighted by Crippen LogP contribution is 2.33. The number of hydrazine groups is 1. The molecule has 1 heterocycles. The number of rotatable bonds is 7. The van der Waals surface area contributed by atoms with Crippen LogP contribution in [0.3, 0.4) is 0 Å². The Hall–Kier alpha value is -2.32. The molecule has 0 aliphatic carbocycles. The van der Waals surface area contributed by atoms with Gasteiger partial charge in [-0.25, -0.2) is 20.2 Å². The molecule has 0 atom stereocenters. The van der Waals surface area contributed by atoms with Gasteiger partial charge in [-0.05, 0) is 19.4 Å². The molecule has 0 radical (unpaired) electrons. The Morgan fingerprint density at radius 1 is 1.16 bits per heavy atom. The summed E-state index contributed by atoms with van der Waals surface area (Å²) in [5, 5.41) is 3.40. The minimum atomic E-state index is -0.389. The van der Waals surface area contributed by atoms with Crippen LogP contribution >= 0.6 is 12.4 Å². The van der Waals surface area contributed by atoms with Gasteiger partial charge in [0.05, 0.1) is 19.7 Å². The molecule has 2 aromatic rings. The van der Waals surface area contributed by atoms with E-state index in [1.54, 1.807) is 33.3 Å². The molecular formula is C16H24ClN5O3. The summed E-state index contributed by atoms with van der Waals surface area (Å²) >= 11 is 0. The van der Waals surface area contributed by atoms with Crippen molar-refractivity contribution in [2.24, 2.45) is 0 Å². The number of carbonyl (C=O) groups is 1. The fourth-order valence-corrected chi connectivity index (χ4v) is 2.21. The molecule has 3 N–H and O–H groups in total. The normalized spacial score (nSPS) is 10.1. The lowest BCUT2D eigenvalue weighted by Crippen LogP contribution is -2.41. The zero-order valence-corrected chi connectivity index (χ0v) is 15.6. The van der Waals surface area contributed by atoms with Crippen LogP contribution in [-0.4, -0.2) is 36.8 Å². The van der Waals surface area contributed by atoms with Gasteiger partial charge in [0.15, 0.2) is 11.5 Å². The van der Waals surface area contributed by atoms with Crippen LogP contribution in [0, 0.1) is 6.92 Å². The van der Waals surface area contributed by atoms with E-state index >= 15 is 0 Å². The van der Waals surface area contributed by atoms with Crippen LogP contribution in [0.2, 0.25) is 0 Å². The van der Waals surface area contributed by atoms with Crippen LogP contribution in [0.5, 0.6) is 11.5 Å². The number of nitrogens with one attached hydrogen (secondary N) is 3. The van der Waals surface area contributed by atoms with E-state index in [9.17, 15) is 4.79 Å². The van der Waals surface area contributed by atoms with Crippen molar-refractivity contribution in [2.45, 2.75) is 26.7 Å². The number of halogens is 1. The molecule has 0 saturated heterocycles. The number of aryl methyl sites for hydroxylation is 1. The lowest BCUT2D eigenvalue weighted by molar-refractivity contribution is 0.248. The van der Waals surface area contributed by atoms with Crippen molar-refractivity contribution >= 4 is 35.2 Å². The SMILES string of the molecule is CCCCNNC(=O)Nc1nc(C)nc2cc(OC)c(OC)cc12.Cl. The molecule has 0 aliphatic rings. The molecule has 138 valence electrons. The number of hydrogen-bond donors (Lipinski definition) is 3. The Morgan fingerprint density at radius 2 is 1.84 bits per heavy atom. The number of carbonyl (C=O) groups excluding carboxylic acids is 1. The average molecular weight is 370 g/mol. The number of benzene rings is 1. The summed E-state index contributed by atoms with van der Waals surface area (Å²) in [4.78, 5) is 20.7. The van der Waals surface area contributed by atoms with Gasteiger partial charge >= 0.3 is 6.03 Å². The standard InChI is InChI=1S/C16H23N5O3.ClH/c1-5-6-7-17-21-16(22)20-15-11-8-13(23-3)14(24-4)9-12(11)18-10(2)19-15;/h8-9,17H,5-7H2,1-4H3,(H2,18,19,20,21,22);1H. The van der Waals surface area contributed by atoms with Crippen LogP contribution < -0.4 is 25.6 Å². The summed E-state index contributed by atoms with van der Waals surface area (Å²) in [6, 6.07) is 3.11. The highest BCUT2D eigenvalue weighted by Gasteiger charge is 2.13. The maximum absolute atomic E-state index is 12.0. The van der Waals surface area contributed by atoms with Gasteiger partial charge in [-0.3, -0.25) is 10.7 Å². The topological polar surface area (TPSA) is 97.4 Å². The zero-order chi connectivity index (χ0) is 17.5. The second kappa shape index (κ2) is 9.85. The molecule has 9 heteroatoms. The van der Waals surface area contributed by atoms with Gasteiger partial charge in [0.1, 0.15) is 11.6 Å². The first-order valence-corrected chi connectivity index (χ1v) is 7.79. The van der Waals surface area contributed by atoms with Crippen molar-refractivity contribution in [3.05, 3.63) is 18.0 Å². The number of nitrogens with zero attached hydrogens (tertiary/aromatic N) is 2. The molecule has 2 amide bonds. The first-order valence-electron chi connectivity index (χ1n) is 7.79. The molecule has 0 fully saturated rings. The Kier molecular flexibility index (Phi) is 8.17. The lowest BCUT2D eigenvalue weighted by Gasteiger charge is -2.13. The molecule has 0 spiro atoms. The number of amides is 2. The van der Waals surface area contributed by atoms with E-state index in [0.29, 0.717) is 40.6 Å². The van der Waals surface area contributed by atoms with Crippen LogP contribution in [0.4, 0.5) is 10.6 Å². The van der Waals surface area contributed by atoms with Crippen molar-refractivity contribution < 1.29 is 14.3 Å². The van der Waals surface area contributed by atoms with Gasteiger partial charge in [-0.1, -0.05) is 13.3 Å². The number of methoxy groups -OCH3 is 2. The van der Waals surface area contributed by atoms with Crippen LogP contribution in [-0.2, 0) is 0 Å². The molecule has 0 saturated carbocycles. The van der Waals surface area contributed by atoms with Gasteiger partial charge in [0.25, 0.3) is 0 Å². The molecule has 1 aromatic heterocycles. The number of fused-ring (bicyclic) bond motifs is 1. The summed E-state index contributed by atoms with van der Waals surface area (Å²) in [5.74, 6) is 2.07. The van der Waals surface area contributed by atoms with E-state index < -0.39 is 0 Å². The number of urea groups is 1. The van der Waals surface area contributed by atoms with Crippen molar-refractivity contribution in [1.29, 1.82) is 0 Å². The Labute approximate surface area is 153 Å². The molecular weight excluding hydrogens is 346 g/mol. The molecule has 25 heavy (non-hydrogen) atoms. The number of aromatic nitrogens is 2. The van der Waals surface area contributed by atoms with Crippen LogP contribution in [0.15, 0.2) is 12.1 Å². The first kappa shape index (κ1) is 20.7. The predicted molar refractivity (Wildman–Crippen MR) is 99.7 cm³/mol. The number of hydrogen-bond acceptors (Lipinski definition) is 6. The maximum Gasteiger partial charge on any atom is 0.334 e. The largest absolute Gasteiger partial charge is 0.493 e. The Morgan fingerprint density at radius 3 is 2.48 bits per heavy atom. The molecule has 0 unspecified atom stereocenters. The Balaban J connectivity index is 0.00000312. The fourth-order valence-electron chi connectivity index (χ4n) is 2.21. The van der Waals surface area contributed by atoms with Crippen molar-refractivity contribution in [3.63, 3.8) is 0 Å². The third-order valence-corrected chi connectivity index (χ3v) is 3.40. The van der Waals surface area contributed by atoms with E-state index in [2.05, 4.69) is 33.1 Å². The van der Waals surface area contributed by atoms with Crippen molar-refractivity contribution in [2.75, 3.05) is 26.1 Å². The first-order chi connectivity index (χ1) is 11.6. The monoisotopic (exact) mass is 369 g/mol. The van der Waals surface area contributed by atoms with Crippen molar-refractivity contribution in [1.82, 2.24) is 20.8 Å². The van der Waals surface area contributed by atoms with Gasteiger partial charge in [-0.15, -0.1) is 12.4 Å². The highest BCUT2D eigenvalue weighted by atomic mass is 35.5. The van der Waals surface area contributed by atoms with Gasteiger partial charge in [0.2, 0.25) is 0 Å². The second-order valence-electron chi connectivity index (χ2n) is 5.20. The molecule has 0 aliphatic heterocycles. The van der Waals surface area contributed by atoms with E-state index in [4.69, 9.17) is 9.47 Å². The third kappa shape index (κ3) is 5.33. The zero-order valence-electron chi connectivity index (χ0n) is 14.8. The van der Waals surface area contributed by atoms with E-state index in [0.717, 1.165) is 12.8 Å². The molecule has 8 nitrogen and oxygen atoms in total. The molecule has 2 rings (SSSR count).